The Labute approximate surface area is 130 Å². The summed E-state index contributed by atoms with van der Waals surface area (Å²) in [4.78, 5) is 14.6. The minimum Gasteiger partial charge on any atom is -0.397 e. The van der Waals surface area contributed by atoms with E-state index in [0.29, 0.717) is 16.9 Å². The predicted molar refractivity (Wildman–Crippen MR) is 90.3 cm³/mol. The van der Waals surface area contributed by atoms with Crippen LogP contribution in [0.15, 0.2) is 48.5 Å². The second-order valence-corrected chi connectivity index (χ2v) is 5.33. The molecule has 5 nitrogen and oxygen atoms in total. The van der Waals surface area contributed by atoms with Crippen LogP contribution in [-0.4, -0.2) is 32.1 Å². The van der Waals surface area contributed by atoms with Gasteiger partial charge in [-0.2, -0.15) is 0 Å². The molecular weight excluding hydrogens is 276 g/mol. The van der Waals surface area contributed by atoms with Crippen molar-refractivity contribution in [3.05, 3.63) is 54.1 Å². The highest BCUT2D eigenvalue weighted by Gasteiger charge is 2.12. The molecule has 0 bridgehead atoms. The monoisotopic (exact) mass is 296 g/mol. The summed E-state index contributed by atoms with van der Waals surface area (Å²) in [5, 5.41) is 6.17. The largest absolute Gasteiger partial charge is 0.397 e. The third-order valence-corrected chi connectivity index (χ3v) is 3.82. The first-order valence-electron chi connectivity index (χ1n) is 7.45. The Balaban J connectivity index is 1.69. The van der Waals surface area contributed by atoms with Gasteiger partial charge in [0.25, 0.3) is 5.91 Å². The van der Waals surface area contributed by atoms with Crippen LogP contribution in [0.1, 0.15) is 10.4 Å². The van der Waals surface area contributed by atoms with Gasteiger partial charge in [0, 0.05) is 37.4 Å². The number of benzene rings is 2. The van der Waals surface area contributed by atoms with Gasteiger partial charge >= 0.3 is 0 Å². The Morgan fingerprint density at radius 3 is 2.41 bits per heavy atom. The molecule has 1 fully saturated rings. The van der Waals surface area contributed by atoms with Crippen LogP contribution in [0, 0.1) is 0 Å². The number of rotatable bonds is 3. The Bertz CT molecular complexity index is 648. The molecule has 5 heteroatoms. The van der Waals surface area contributed by atoms with Crippen molar-refractivity contribution in [3.8, 4) is 0 Å². The zero-order valence-corrected chi connectivity index (χ0v) is 12.4. The number of anilines is 3. The quantitative estimate of drug-likeness (QED) is 0.757. The highest BCUT2D eigenvalue weighted by molar-refractivity contribution is 6.05. The minimum atomic E-state index is -0.148. The Morgan fingerprint density at radius 2 is 1.73 bits per heavy atom. The highest BCUT2D eigenvalue weighted by atomic mass is 16.1. The number of hydrogen-bond acceptors (Lipinski definition) is 4. The molecule has 114 valence electrons. The summed E-state index contributed by atoms with van der Waals surface area (Å²) in [6.45, 7) is 3.98. The van der Waals surface area contributed by atoms with Crippen LogP contribution in [0.5, 0.6) is 0 Å². The van der Waals surface area contributed by atoms with E-state index in [0.717, 1.165) is 31.9 Å². The van der Waals surface area contributed by atoms with E-state index < -0.39 is 0 Å². The van der Waals surface area contributed by atoms with E-state index in [-0.39, 0.29) is 5.91 Å². The van der Waals surface area contributed by atoms with E-state index in [2.05, 4.69) is 15.5 Å². The topological polar surface area (TPSA) is 70.4 Å². The third-order valence-electron chi connectivity index (χ3n) is 3.82. The normalized spacial score (nSPS) is 14.6. The van der Waals surface area contributed by atoms with Crippen LogP contribution in [0.3, 0.4) is 0 Å². The molecule has 0 atom stereocenters. The zero-order chi connectivity index (χ0) is 15.4. The van der Waals surface area contributed by atoms with Gasteiger partial charge in [-0.1, -0.05) is 12.1 Å². The Hall–Kier alpha value is -2.53. The number of nitrogens with two attached hydrogens (primary N) is 1. The summed E-state index contributed by atoms with van der Waals surface area (Å²) >= 11 is 0. The van der Waals surface area contributed by atoms with E-state index in [1.807, 2.05) is 36.4 Å². The van der Waals surface area contributed by atoms with Crippen molar-refractivity contribution in [2.45, 2.75) is 0 Å². The van der Waals surface area contributed by atoms with Gasteiger partial charge in [0.15, 0.2) is 0 Å². The minimum absolute atomic E-state index is 0.148. The van der Waals surface area contributed by atoms with Gasteiger partial charge in [-0.05, 0) is 36.4 Å². The van der Waals surface area contributed by atoms with Crippen LogP contribution in [0.25, 0.3) is 0 Å². The molecule has 1 heterocycles. The molecule has 1 amide bonds. The first-order valence-corrected chi connectivity index (χ1v) is 7.45. The molecular formula is C17H20N4O. The van der Waals surface area contributed by atoms with Gasteiger partial charge in [0.05, 0.1) is 11.4 Å². The number of nitrogen functional groups attached to an aromatic ring is 1. The molecule has 4 N–H and O–H groups in total. The first-order chi connectivity index (χ1) is 10.7. The van der Waals surface area contributed by atoms with E-state index in [1.165, 1.54) is 0 Å². The number of nitrogens with zero attached hydrogens (tertiary/aromatic N) is 1. The molecule has 0 unspecified atom stereocenters. The molecule has 0 spiro atoms. The summed E-state index contributed by atoms with van der Waals surface area (Å²) in [7, 11) is 0. The maximum atomic E-state index is 12.3. The number of hydrogen-bond donors (Lipinski definition) is 3. The van der Waals surface area contributed by atoms with Crippen molar-refractivity contribution in [2.24, 2.45) is 0 Å². The lowest BCUT2D eigenvalue weighted by atomic mass is 10.1. The van der Waals surface area contributed by atoms with Crippen molar-refractivity contribution in [1.82, 2.24) is 5.32 Å². The number of piperazine rings is 1. The Kier molecular flexibility index (Phi) is 4.25. The Morgan fingerprint density at radius 1 is 1.05 bits per heavy atom. The second-order valence-electron chi connectivity index (χ2n) is 5.33. The number of nitrogens with one attached hydrogen (secondary N) is 2. The number of carbonyl (C=O) groups excluding carboxylic acids is 1. The maximum absolute atomic E-state index is 12.3. The lowest BCUT2D eigenvalue weighted by Crippen LogP contribution is -2.43. The number of amides is 1. The van der Waals surface area contributed by atoms with Crippen molar-refractivity contribution in [2.75, 3.05) is 42.1 Å². The molecule has 1 aliphatic heterocycles. The van der Waals surface area contributed by atoms with Crippen molar-refractivity contribution in [3.63, 3.8) is 0 Å². The van der Waals surface area contributed by atoms with Crippen molar-refractivity contribution < 1.29 is 4.79 Å². The van der Waals surface area contributed by atoms with Gasteiger partial charge in [-0.3, -0.25) is 4.79 Å². The molecule has 22 heavy (non-hydrogen) atoms. The highest BCUT2D eigenvalue weighted by Crippen LogP contribution is 2.19. The first kappa shape index (κ1) is 14.4. The summed E-state index contributed by atoms with van der Waals surface area (Å²) in [5.41, 5.74) is 8.82. The molecule has 0 aliphatic carbocycles. The molecule has 1 aliphatic rings. The summed E-state index contributed by atoms with van der Waals surface area (Å²) in [6, 6.07) is 14.9. The third kappa shape index (κ3) is 3.20. The lowest BCUT2D eigenvalue weighted by molar-refractivity contribution is 0.102. The summed E-state index contributed by atoms with van der Waals surface area (Å²) in [6.07, 6.45) is 0. The fraction of sp³-hybridized carbons (Fsp3) is 0.235. The number of para-hydroxylation sites is 2. The van der Waals surface area contributed by atoms with Gasteiger partial charge in [-0.25, -0.2) is 0 Å². The van der Waals surface area contributed by atoms with E-state index in [9.17, 15) is 4.79 Å². The van der Waals surface area contributed by atoms with Gasteiger partial charge in [0.2, 0.25) is 0 Å². The fourth-order valence-electron chi connectivity index (χ4n) is 2.55. The van der Waals surface area contributed by atoms with E-state index in [1.54, 1.807) is 12.1 Å². The van der Waals surface area contributed by atoms with Crippen LogP contribution in [-0.2, 0) is 0 Å². The second kappa shape index (κ2) is 6.49. The fourth-order valence-corrected chi connectivity index (χ4v) is 2.55. The van der Waals surface area contributed by atoms with Gasteiger partial charge in [0.1, 0.15) is 0 Å². The molecule has 0 radical (unpaired) electrons. The summed E-state index contributed by atoms with van der Waals surface area (Å²) < 4.78 is 0. The lowest BCUT2D eigenvalue weighted by Gasteiger charge is -2.29. The molecule has 2 aromatic carbocycles. The zero-order valence-electron chi connectivity index (χ0n) is 12.4. The average molecular weight is 296 g/mol. The molecule has 0 saturated carbocycles. The average Bonchev–Trinajstić information content (AvgIpc) is 2.58. The number of carbonyl (C=O) groups is 1. The molecule has 0 aromatic heterocycles. The van der Waals surface area contributed by atoms with Crippen LogP contribution < -0.4 is 21.3 Å². The van der Waals surface area contributed by atoms with E-state index in [4.69, 9.17) is 5.73 Å². The molecule has 1 saturated heterocycles. The van der Waals surface area contributed by atoms with Crippen molar-refractivity contribution in [1.29, 1.82) is 0 Å². The predicted octanol–water partition coefficient (Wildman–Crippen LogP) is 1.93. The summed E-state index contributed by atoms with van der Waals surface area (Å²) in [5.74, 6) is -0.148. The van der Waals surface area contributed by atoms with E-state index >= 15 is 0 Å². The van der Waals surface area contributed by atoms with Crippen LogP contribution >= 0.6 is 0 Å². The van der Waals surface area contributed by atoms with Crippen molar-refractivity contribution >= 4 is 23.0 Å². The van der Waals surface area contributed by atoms with Gasteiger partial charge in [-0.15, -0.1) is 0 Å². The molecule has 3 rings (SSSR count). The SMILES string of the molecule is Nc1ccccc1NC(=O)c1ccc(N2CCNCC2)cc1. The van der Waals surface area contributed by atoms with Crippen LogP contribution in [0.2, 0.25) is 0 Å². The smallest absolute Gasteiger partial charge is 0.255 e. The molecule has 2 aromatic rings. The van der Waals surface area contributed by atoms with Gasteiger partial charge < -0.3 is 21.3 Å². The maximum Gasteiger partial charge on any atom is 0.255 e. The standard InChI is InChI=1S/C17H20N4O/c18-15-3-1-2-4-16(15)20-17(22)13-5-7-14(8-6-13)21-11-9-19-10-12-21/h1-8,19H,9-12,18H2,(H,20,22). The van der Waals surface area contributed by atoms with Crippen LogP contribution in [0.4, 0.5) is 17.1 Å².